The number of benzene rings is 1. The van der Waals surface area contributed by atoms with Crippen LogP contribution in [-0.4, -0.2) is 25.0 Å². The number of aromatic hydroxyl groups is 1. The third-order valence-corrected chi connectivity index (χ3v) is 3.95. The average molecular weight is 479 g/mol. The zero-order valence-corrected chi connectivity index (χ0v) is 16.8. The van der Waals surface area contributed by atoms with E-state index < -0.39 is 23.9 Å². The lowest BCUT2D eigenvalue weighted by molar-refractivity contribution is -0.385. The van der Waals surface area contributed by atoms with Gasteiger partial charge in [0.2, 0.25) is 7.59 Å². The van der Waals surface area contributed by atoms with E-state index in [4.69, 9.17) is 69.6 Å². The largest absolute Gasteiger partial charge is 0.502 e. The second-order valence-corrected chi connectivity index (χ2v) is 9.30. The van der Waals surface area contributed by atoms with E-state index in [2.05, 4.69) is 21.5 Å². The van der Waals surface area contributed by atoms with Crippen molar-refractivity contribution in [1.29, 1.82) is 0 Å². The Morgan fingerprint density at radius 3 is 1.96 bits per heavy atom. The predicted molar refractivity (Wildman–Crippen MR) is 101 cm³/mol. The molecule has 0 bridgehead atoms. The van der Waals surface area contributed by atoms with Crippen LogP contribution in [0, 0.1) is 10.1 Å². The van der Waals surface area contributed by atoms with Crippen LogP contribution in [0.15, 0.2) is 24.8 Å². The number of aromatic nitrogens is 3. The molecule has 0 amide bonds. The van der Waals surface area contributed by atoms with Gasteiger partial charge in [0.05, 0.1) is 4.92 Å². The number of nitro benzene ring substituents is 1. The molecule has 138 valence electrons. The lowest BCUT2D eigenvalue weighted by Gasteiger charge is -2.16. The van der Waals surface area contributed by atoms with Crippen molar-refractivity contribution < 1.29 is 10.0 Å². The first-order valence-corrected chi connectivity index (χ1v) is 8.65. The van der Waals surface area contributed by atoms with Gasteiger partial charge in [-0.05, 0) is 11.6 Å². The summed E-state index contributed by atoms with van der Waals surface area (Å²) in [6, 6.07) is 3.55. The molecule has 13 heteroatoms. The molecule has 26 heavy (non-hydrogen) atoms. The molecule has 1 heterocycles. The van der Waals surface area contributed by atoms with Gasteiger partial charge in [-0.1, -0.05) is 82.3 Å². The van der Waals surface area contributed by atoms with E-state index in [1.165, 1.54) is 6.07 Å². The van der Waals surface area contributed by atoms with Gasteiger partial charge in [0, 0.05) is 11.6 Å². The zero-order chi connectivity index (χ0) is 19.9. The van der Waals surface area contributed by atoms with Crippen LogP contribution in [0.1, 0.15) is 23.0 Å². The van der Waals surface area contributed by atoms with E-state index >= 15 is 0 Å². The van der Waals surface area contributed by atoms with Gasteiger partial charge < -0.3 is 5.11 Å². The number of alkyl halides is 6. The van der Waals surface area contributed by atoms with Crippen LogP contribution in [0.2, 0.25) is 0 Å². The highest BCUT2D eigenvalue weighted by molar-refractivity contribution is 6.67. The maximum atomic E-state index is 11.0. The lowest BCUT2D eigenvalue weighted by atomic mass is 10.1. The summed E-state index contributed by atoms with van der Waals surface area (Å²) in [6.07, 6.45) is 0. The maximum absolute atomic E-state index is 11.0. The second kappa shape index (κ2) is 7.50. The topological polar surface area (TPSA) is 102 Å². The van der Waals surface area contributed by atoms with E-state index in [-0.39, 0.29) is 28.6 Å². The van der Waals surface area contributed by atoms with Gasteiger partial charge >= 0.3 is 5.69 Å². The summed E-state index contributed by atoms with van der Waals surface area (Å²) >= 11 is 34.7. The molecule has 0 aliphatic carbocycles. The number of nitro groups is 1. The predicted octanol–water partition coefficient (Wildman–Crippen LogP) is 5.20. The van der Waals surface area contributed by atoms with Crippen molar-refractivity contribution in [2.24, 2.45) is 0 Å². The molecule has 0 radical (unpaired) electrons. The minimum absolute atomic E-state index is 0.0847. The summed E-state index contributed by atoms with van der Waals surface area (Å²) in [5.41, 5.74) is -0.242. The molecule has 0 spiro atoms. The molecule has 0 aliphatic heterocycles. The summed E-state index contributed by atoms with van der Waals surface area (Å²) < 4.78 is -4.10. The Morgan fingerprint density at radius 2 is 1.54 bits per heavy atom. The second-order valence-electron chi connectivity index (χ2n) is 4.74. The third-order valence-electron chi connectivity index (χ3n) is 2.93. The summed E-state index contributed by atoms with van der Waals surface area (Å²) in [7, 11) is 0. The summed E-state index contributed by atoms with van der Waals surface area (Å²) in [4.78, 5) is 21.9. The SMILES string of the molecule is C=C(c1ccc(O)c([N+](=O)[O-])c1)c1nc(C(Cl)(Cl)Cl)nc(C(Cl)(Cl)Cl)n1. The van der Waals surface area contributed by atoms with Crippen LogP contribution >= 0.6 is 69.6 Å². The van der Waals surface area contributed by atoms with E-state index in [0.29, 0.717) is 0 Å². The van der Waals surface area contributed by atoms with Crippen LogP contribution in [0.25, 0.3) is 5.57 Å². The van der Waals surface area contributed by atoms with Gasteiger partial charge in [0.15, 0.2) is 23.2 Å². The smallest absolute Gasteiger partial charge is 0.311 e. The van der Waals surface area contributed by atoms with Crippen molar-refractivity contribution in [3.05, 3.63) is 57.9 Å². The highest BCUT2D eigenvalue weighted by Crippen LogP contribution is 2.41. The molecule has 1 aromatic heterocycles. The molecule has 1 N–H and O–H groups in total. The van der Waals surface area contributed by atoms with Gasteiger partial charge in [0.1, 0.15) is 0 Å². The fourth-order valence-corrected chi connectivity index (χ4v) is 2.26. The minimum Gasteiger partial charge on any atom is -0.502 e. The Morgan fingerprint density at radius 1 is 1.04 bits per heavy atom. The monoisotopic (exact) mass is 476 g/mol. The molecule has 0 saturated heterocycles. The summed E-state index contributed by atoms with van der Waals surface area (Å²) in [5, 5.41) is 20.5. The summed E-state index contributed by atoms with van der Waals surface area (Å²) in [6.45, 7) is 3.76. The Bertz CT molecular complexity index is 862. The highest BCUT2D eigenvalue weighted by Gasteiger charge is 2.34. The lowest BCUT2D eigenvalue weighted by Crippen LogP contribution is -2.18. The minimum atomic E-state index is -2.05. The molecule has 0 aliphatic rings. The number of phenolic OH excluding ortho intramolecular Hbond substituents is 1. The Hall–Kier alpha value is -1.09. The van der Waals surface area contributed by atoms with Gasteiger partial charge in [-0.15, -0.1) is 0 Å². The number of hydrogen-bond acceptors (Lipinski definition) is 6. The molecule has 0 saturated carbocycles. The van der Waals surface area contributed by atoms with Crippen molar-refractivity contribution in [1.82, 2.24) is 15.0 Å². The fourth-order valence-electron chi connectivity index (χ4n) is 1.75. The van der Waals surface area contributed by atoms with Crippen molar-refractivity contribution >= 4 is 80.9 Å². The Balaban J connectivity index is 2.62. The van der Waals surface area contributed by atoms with Crippen LogP contribution < -0.4 is 0 Å². The Labute approximate surface area is 176 Å². The standard InChI is InChI=1S/C13H6Cl6N4O3/c1-5(6-2-3-8(24)7(4-6)23(25)26)9-20-10(12(14,15)16)22-11(21-9)13(17,18)19/h2-4,24H,1H2. The molecular formula is C13H6Cl6N4O3. The van der Waals surface area contributed by atoms with E-state index in [1.807, 2.05) is 0 Å². The molecular weight excluding hydrogens is 473 g/mol. The normalized spacial score (nSPS) is 12.1. The van der Waals surface area contributed by atoms with Gasteiger partial charge in [0.25, 0.3) is 0 Å². The van der Waals surface area contributed by atoms with E-state index in [1.54, 1.807) is 0 Å². The molecule has 2 rings (SSSR count). The van der Waals surface area contributed by atoms with Crippen molar-refractivity contribution in [2.45, 2.75) is 7.59 Å². The van der Waals surface area contributed by atoms with Gasteiger partial charge in [-0.3, -0.25) is 10.1 Å². The van der Waals surface area contributed by atoms with Crippen molar-refractivity contribution in [3.63, 3.8) is 0 Å². The maximum Gasteiger partial charge on any atom is 0.311 e. The van der Waals surface area contributed by atoms with Crippen molar-refractivity contribution in [3.8, 4) is 5.75 Å². The Kier molecular flexibility index (Phi) is 6.12. The van der Waals surface area contributed by atoms with Crippen LogP contribution in [-0.2, 0) is 7.59 Å². The highest BCUT2D eigenvalue weighted by atomic mass is 35.6. The molecule has 0 atom stereocenters. The quantitative estimate of drug-likeness (QED) is 0.369. The van der Waals surface area contributed by atoms with Crippen LogP contribution in [0.3, 0.4) is 0 Å². The van der Waals surface area contributed by atoms with Crippen LogP contribution in [0.5, 0.6) is 5.75 Å². The number of halogens is 6. The molecule has 0 unspecified atom stereocenters. The van der Waals surface area contributed by atoms with E-state index in [9.17, 15) is 15.2 Å². The fraction of sp³-hybridized carbons (Fsp3) is 0.154. The van der Waals surface area contributed by atoms with Gasteiger partial charge in [-0.2, -0.15) is 0 Å². The third kappa shape index (κ3) is 4.79. The van der Waals surface area contributed by atoms with E-state index in [0.717, 1.165) is 12.1 Å². The molecule has 0 fully saturated rings. The average Bonchev–Trinajstić information content (AvgIpc) is 2.52. The van der Waals surface area contributed by atoms with Gasteiger partial charge in [-0.25, -0.2) is 15.0 Å². The molecule has 2 aromatic rings. The first-order chi connectivity index (χ1) is 11.8. The molecule has 7 nitrogen and oxygen atoms in total. The first kappa shape index (κ1) is 21.2. The number of hydrogen-bond donors (Lipinski definition) is 1. The first-order valence-electron chi connectivity index (χ1n) is 6.38. The zero-order valence-electron chi connectivity index (χ0n) is 12.3. The molecule has 1 aromatic carbocycles. The van der Waals surface area contributed by atoms with Crippen LogP contribution in [0.4, 0.5) is 5.69 Å². The number of nitrogens with zero attached hydrogens (tertiary/aromatic N) is 4. The summed E-state index contributed by atoms with van der Waals surface area (Å²) in [5.74, 6) is -1.32. The number of rotatable bonds is 3. The van der Waals surface area contributed by atoms with Crippen molar-refractivity contribution in [2.75, 3.05) is 0 Å². The number of phenols is 1.